The number of sulfonamides is 1. The van der Waals surface area contributed by atoms with Gasteiger partial charge in [0.25, 0.3) is 0 Å². The van der Waals surface area contributed by atoms with Gasteiger partial charge in [0.05, 0.1) is 12.7 Å². The van der Waals surface area contributed by atoms with Gasteiger partial charge in [0, 0.05) is 25.3 Å². The van der Waals surface area contributed by atoms with Crippen LogP contribution in [0.2, 0.25) is 0 Å². The van der Waals surface area contributed by atoms with Crippen molar-refractivity contribution >= 4 is 10.0 Å². The second kappa shape index (κ2) is 6.06. The first-order chi connectivity index (χ1) is 10.1. The van der Waals surface area contributed by atoms with E-state index in [1.165, 1.54) is 12.6 Å². The van der Waals surface area contributed by atoms with Crippen LogP contribution in [0.4, 0.5) is 0 Å². The van der Waals surface area contributed by atoms with E-state index in [9.17, 15) is 8.42 Å². The van der Waals surface area contributed by atoms with Crippen LogP contribution in [0.3, 0.4) is 0 Å². The number of hydrogen-bond acceptors (Lipinski definition) is 4. The molecule has 1 aliphatic heterocycles. The number of hydrogen-bond donors (Lipinski definition) is 1. The Bertz CT molecular complexity index is 584. The Kier molecular flexibility index (Phi) is 4.33. The Morgan fingerprint density at radius 3 is 2.90 bits per heavy atom. The predicted molar refractivity (Wildman–Crippen MR) is 80.4 cm³/mol. The van der Waals surface area contributed by atoms with Crippen LogP contribution in [0.5, 0.6) is 0 Å². The molecule has 2 bridgehead atoms. The highest BCUT2D eigenvalue weighted by Gasteiger charge is 2.44. The van der Waals surface area contributed by atoms with Crippen molar-refractivity contribution in [3.05, 3.63) is 12.4 Å². The summed E-state index contributed by atoms with van der Waals surface area (Å²) in [5.74, 6) is 0.568. The Morgan fingerprint density at radius 1 is 1.38 bits per heavy atom. The van der Waals surface area contributed by atoms with Gasteiger partial charge in [-0.2, -0.15) is 9.40 Å². The summed E-state index contributed by atoms with van der Waals surface area (Å²) in [6.07, 6.45) is 7.47. The van der Waals surface area contributed by atoms with Crippen molar-refractivity contribution in [2.75, 3.05) is 19.6 Å². The number of nitrogens with zero attached hydrogens (tertiary/aromatic N) is 3. The fourth-order valence-corrected chi connectivity index (χ4v) is 5.10. The van der Waals surface area contributed by atoms with Crippen LogP contribution in [0.1, 0.15) is 32.6 Å². The summed E-state index contributed by atoms with van der Waals surface area (Å²) in [6.45, 7) is 5.29. The number of nitrogens with one attached hydrogen (secondary N) is 1. The maximum Gasteiger partial charge on any atom is 0.246 e. The van der Waals surface area contributed by atoms with Crippen molar-refractivity contribution in [3.63, 3.8) is 0 Å². The zero-order valence-corrected chi connectivity index (χ0v) is 13.3. The second-order valence-corrected chi connectivity index (χ2v) is 7.99. The number of fused-ring (bicyclic) bond motifs is 2. The van der Waals surface area contributed by atoms with Gasteiger partial charge in [-0.15, -0.1) is 0 Å². The summed E-state index contributed by atoms with van der Waals surface area (Å²) in [5.41, 5.74) is 0. The van der Waals surface area contributed by atoms with E-state index in [4.69, 9.17) is 0 Å². The lowest BCUT2D eigenvalue weighted by atomic mass is 10.1. The average Bonchev–Trinajstić information content (AvgIpc) is 3.19. The van der Waals surface area contributed by atoms with Gasteiger partial charge in [0.15, 0.2) is 0 Å². The SMILES string of the molecule is CCCNCCn1cc(S(=O)(=O)N2CC3CCC2C3)cn1. The zero-order chi connectivity index (χ0) is 14.9. The first-order valence-electron chi connectivity index (χ1n) is 7.86. The summed E-state index contributed by atoms with van der Waals surface area (Å²) >= 11 is 0. The maximum absolute atomic E-state index is 12.7. The topological polar surface area (TPSA) is 67.2 Å². The van der Waals surface area contributed by atoms with Crippen LogP contribution in [0, 0.1) is 5.92 Å². The van der Waals surface area contributed by atoms with Crippen LogP contribution >= 0.6 is 0 Å². The third kappa shape index (κ3) is 3.00. The molecule has 2 aliphatic rings. The van der Waals surface area contributed by atoms with Gasteiger partial charge >= 0.3 is 0 Å². The van der Waals surface area contributed by atoms with E-state index in [-0.39, 0.29) is 6.04 Å². The van der Waals surface area contributed by atoms with Crippen LogP contribution in [-0.4, -0.2) is 48.2 Å². The molecule has 6 nitrogen and oxygen atoms in total. The molecular weight excluding hydrogens is 288 g/mol. The molecule has 0 amide bonds. The van der Waals surface area contributed by atoms with Crippen molar-refractivity contribution in [2.24, 2.45) is 5.92 Å². The first kappa shape index (κ1) is 15.0. The Morgan fingerprint density at radius 2 is 2.24 bits per heavy atom. The summed E-state index contributed by atoms with van der Waals surface area (Å²) in [7, 11) is -3.35. The lowest BCUT2D eigenvalue weighted by Gasteiger charge is -2.25. The molecule has 21 heavy (non-hydrogen) atoms. The number of piperidine rings is 1. The van der Waals surface area contributed by atoms with Crippen LogP contribution < -0.4 is 5.32 Å². The van der Waals surface area contributed by atoms with E-state index in [2.05, 4.69) is 17.3 Å². The molecule has 2 unspecified atom stereocenters. The highest BCUT2D eigenvalue weighted by Crippen LogP contribution is 2.40. The van der Waals surface area contributed by atoms with E-state index >= 15 is 0 Å². The minimum Gasteiger partial charge on any atom is -0.315 e. The lowest BCUT2D eigenvalue weighted by molar-refractivity contribution is 0.333. The highest BCUT2D eigenvalue weighted by molar-refractivity contribution is 7.89. The van der Waals surface area contributed by atoms with Crippen molar-refractivity contribution < 1.29 is 8.42 Å². The number of rotatable bonds is 7. The monoisotopic (exact) mass is 312 g/mol. The molecule has 3 rings (SSSR count). The van der Waals surface area contributed by atoms with Crippen molar-refractivity contribution in [1.29, 1.82) is 0 Å². The highest BCUT2D eigenvalue weighted by atomic mass is 32.2. The summed E-state index contributed by atoms with van der Waals surface area (Å²) in [5, 5.41) is 7.47. The van der Waals surface area contributed by atoms with Gasteiger partial charge in [-0.1, -0.05) is 6.92 Å². The first-order valence-corrected chi connectivity index (χ1v) is 9.30. The molecule has 1 saturated heterocycles. The molecule has 2 atom stereocenters. The van der Waals surface area contributed by atoms with Crippen LogP contribution in [0.25, 0.3) is 0 Å². The standard InChI is InChI=1S/C14H24N4O2S/c1-2-5-15-6-7-17-11-14(9-16-17)21(19,20)18-10-12-3-4-13(18)8-12/h9,11-13,15H,2-8,10H2,1H3. The molecule has 1 N–H and O–H groups in total. The molecule has 7 heteroatoms. The molecule has 0 aromatic carbocycles. The van der Waals surface area contributed by atoms with E-state index in [1.807, 2.05) is 0 Å². The molecule has 1 saturated carbocycles. The molecule has 118 valence electrons. The largest absolute Gasteiger partial charge is 0.315 e. The molecule has 2 fully saturated rings. The van der Waals surface area contributed by atoms with Gasteiger partial charge in [-0.3, -0.25) is 4.68 Å². The van der Waals surface area contributed by atoms with E-state index < -0.39 is 10.0 Å². The van der Waals surface area contributed by atoms with E-state index in [0.717, 1.165) is 32.4 Å². The molecular formula is C14H24N4O2S. The van der Waals surface area contributed by atoms with Gasteiger partial charge in [0.1, 0.15) is 4.90 Å². The van der Waals surface area contributed by atoms with Crippen molar-refractivity contribution in [1.82, 2.24) is 19.4 Å². The summed E-state index contributed by atoms with van der Waals surface area (Å²) in [6, 6.07) is 0.217. The number of aromatic nitrogens is 2. The summed E-state index contributed by atoms with van der Waals surface area (Å²) in [4.78, 5) is 0.338. The molecule has 2 heterocycles. The van der Waals surface area contributed by atoms with E-state index in [1.54, 1.807) is 15.2 Å². The van der Waals surface area contributed by atoms with Crippen LogP contribution in [0.15, 0.2) is 17.3 Å². The lowest BCUT2D eigenvalue weighted by Crippen LogP contribution is -2.37. The van der Waals surface area contributed by atoms with E-state index in [0.29, 0.717) is 23.9 Å². The molecule has 0 radical (unpaired) electrons. The molecule has 1 aromatic rings. The van der Waals surface area contributed by atoms with Gasteiger partial charge in [-0.05, 0) is 38.1 Å². The predicted octanol–water partition coefficient (Wildman–Crippen LogP) is 1.06. The van der Waals surface area contributed by atoms with Gasteiger partial charge in [-0.25, -0.2) is 8.42 Å². The minimum absolute atomic E-state index is 0.217. The van der Waals surface area contributed by atoms with Gasteiger partial charge < -0.3 is 5.32 Å². The molecule has 1 aliphatic carbocycles. The Balaban J connectivity index is 1.65. The third-order valence-corrected chi connectivity index (χ3v) is 6.39. The smallest absolute Gasteiger partial charge is 0.246 e. The third-order valence-electron chi connectivity index (χ3n) is 4.52. The fourth-order valence-electron chi connectivity index (χ4n) is 3.40. The van der Waals surface area contributed by atoms with Gasteiger partial charge in [0.2, 0.25) is 10.0 Å². The average molecular weight is 312 g/mol. The normalized spacial score (nSPS) is 25.8. The maximum atomic E-state index is 12.7. The Hall–Kier alpha value is -0.920. The molecule has 0 spiro atoms. The quantitative estimate of drug-likeness (QED) is 0.764. The summed E-state index contributed by atoms with van der Waals surface area (Å²) < 4.78 is 28.7. The van der Waals surface area contributed by atoms with Crippen molar-refractivity contribution in [3.8, 4) is 0 Å². The second-order valence-electron chi connectivity index (χ2n) is 6.10. The Labute approximate surface area is 126 Å². The zero-order valence-electron chi connectivity index (χ0n) is 12.5. The van der Waals surface area contributed by atoms with Crippen LogP contribution in [-0.2, 0) is 16.6 Å². The fraction of sp³-hybridized carbons (Fsp3) is 0.786. The van der Waals surface area contributed by atoms with Crippen molar-refractivity contribution in [2.45, 2.75) is 50.1 Å². The molecule has 1 aromatic heterocycles. The minimum atomic E-state index is -3.35.